The summed E-state index contributed by atoms with van der Waals surface area (Å²) in [6.45, 7) is 4.99. The Balaban J connectivity index is 1.60. The largest absolute Gasteiger partial charge is 0.379 e. The van der Waals surface area contributed by atoms with Gasteiger partial charge in [0.15, 0.2) is 11.6 Å². The van der Waals surface area contributed by atoms with Crippen LogP contribution in [-0.4, -0.2) is 12.7 Å². The molecule has 31 heavy (non-hydrogen) atoms. The van der Waals surface area contributed by atoms with Crippen molar-refractivity contribution in [2.24, 2.45) is 0 Å². The highest BCUT2D eigenvalue weighted by molar-refractivity contribution is 5.71. The summed E-state index contributed by atoms with van der Waals surface area (Å²) in [6.07, 6.45) is 5.71. The molecule has 0 saturated heterocycles. The highest BCUT2D eigenvalue weighted by Crippen LogP contribution is 2.29. The number of unbranched alkanes of at least 4 members (excludes halogenated alkanes) is 2. The molecule has 0 N–H and O–H groups in total. The van der Waals surface area contributed by atoms with Crippen LogP contribution in [0.3, 0.4) is 0 Å². The summed E-state index contributed by atoms with van der Waals surface area (Å²) in [5.74, 6) is -1.50. The quantitative estimate of drug-likeness (QED) is 0.283. The summed E-state index contributed by atoms with van der Waals surface area (Å²) >= 11 is 0. The highest BCUT2D eigenvalue weighted by Gasteiger charge is 2.15. The van der Waals surface area contributed by atoms with Gasteiger partial charge in [0.2, 0.25) is 0 Å². The summed E-state index contributed by atoms with van der Waals surface area (Å²) in [4.78, 5) is 0. The number of hydrogen-bond acceptors (Lipinski definition) is 1. The molecule has 0 amide bonds. The van der Waals surface area contributed by atoms with Crippen LogP contribution < -0.4 is 0 Å². The van der Waals surface area contributed by atoms with E-state index in [4.69, 9.17) is 4.74 Å². The van der Waals surface area contributed by atoms with Crippen molar-refractivity contribution < 1.29 is 13.5 Å². The molecule has 0 aromatic heterocycles. The van der Waals surface area contributed by atoms with Crippen LogP contribution in [0, 0.1) is 11.6 Å². The second-order valence-electron chi connectivity index (χ2n) is 8.12. The average Bonchev–Trinajstić information content (AvgIpc) is 2.80. The van der Waals surface area contributed by atoms with Gasteiger partial charge < -0.3 is 4.74 Å². The lowest BCUT2D eigenvalue weighted by Gasteiger charge is -2.13. The molecule has 0 aliphatic rings. The fraction of sp³-hybridized carbons (Fsp3) is 0.357. The Morgan fingerprint density at radius 3 is 2.13 bits per heavy atom. The molecule has 1 nitrogen and oxygen atoms in total. The van der Waals surface area contributed by atoms with Gasteiger partial charge >= 0.3 is 0 Å². The van der Waals surface area contributed by atoms with Crippen molar-refractivity contribution >= 4 is 0 Å². The molecule has 1 atom stereocenters. The molecule has 0 saturated carbocycles. The Morgan fingerprint density at radius 1 is 0.742 bits per heavy atom. The van der Waals surface area contributed by atoms with Gasteiger partial charge in [-0.05, 0) is 54.9 Å². The van der Waals surface area contributed by atoms with Crippen molar-refractivity contribution in [1.29, 1.82) is 0 Å². The first-order valence-electron chi connectivity index (χ1n) is 11.3. The van der Waals surface area contributed by atoms with Gasteiger partial charge in [0.05, 0.1) is 6.10 Å². The van der Waals surface area contributed by atoms with E-state index >= 15 is 0 Å². The summed E-state index contributed by atoms with van der Waals surface area (Å²) in [5, 5.41) is 0. The van der Waals surface area contributed by atoms with Gasteiger partial charge in [0.1, 0.15) is 0 Å². The predicted octanol–water partition coefficient (Wildman–Crippen LogP) is 8.22. The third kappa shape index (κ3) is 6.48. The van der Waals surface area contributed by atoms with Crippen molar-refractivity contribution in [3.63, 3.8) is 0 Å². The number of halogens is 2. The van der Waals surface area contributed by atoms with Gasteiger partial charge in [0.25, 0.3) is 0 Å². The Kier molecular flexibility index (Phi) is 8.78. The number of aryl methyl sites for hydroxylation is 1. The minimum absolute atomic E-state index is 0.146. The van der Waals surface area contributed by atoms with E-state index in [-0.39, 0.29) is 6.10 Å². The van der Waals surface area contributed by atoms with Crippen molar-refractivity contribution in [3.05, 3.63) is 83.9 Å². The molecule has 0 bridgehead atoms. The van der Waals surface area contributed by atoms with Crippen molar-refractivity contribution in [2.45, 2.75) is 58.5 Å². The van der Waals surface area contributed by atoms with Crippen LogP contribution >= 0.6 is 0 Å². The van der Waals surface area contributed by atoms with E-state index in [1.165, 1.54) is 12.8 Å². The fourth-order valence-electron chi connectivity index (χ4n) is 3.78. The molecule has 0 fully saturated rings. The molecule has 0 aliphatic carbocycles. The van der Waals surface area contributed by atoms with Crippen LogP contribution in [0.2, 0.25) is 0 Å². The van der Waals surface area contributed by atoms with E-state index in [0.29, 0.717) is 23.1 Å². The zero-order valence-corrected chi connectivity index (χ0v) is 18.5. The third-order valence-corrected chi connectivity index (χ3v) is 5.67. The number of rotatable bonds is 11. The Hall–Kier alpha value is -2.52. The molecule has 1 unspecified atom stereocenters. The van der Waals surface area contributed by atoms with E-state index < -0.39 is 11.6 Å². The highest BCUT2D eigenvalue weighted by atomic mass is 19.2. The van der Waals surface area contributed by atoms with Gasteiger partial charge in [-0.2, -0.15) is 0 Å². The fourth-order valence-corrected chi connectivity index (χ4v) is 3.78. The van der Waals surface area contributed by atoms with Crippen molar-refractivity contribution in [2.75, 3.05) is 6.61 Å². The van der Waals surface area contributed by atoms with E-state index in [1.54, 1.807) is 12.1 Å². The lowest BCUT2D eigenvalue weighted by atomic mass is 9.97. The third-order valence-electron chi connectivity index (χ3n) is 5.67. The number of benzene rings is 3. The van der Waals surface area contributed by atoms with E-state index in [2.05, 4.69) is 6.92 Å². The van der Waals surface area contributed by atoms with Crippen molar-refractivity contribution in [1.82, 2.24) is 0 Å². The van der Waals surface area contributed by atoms with Gasteiger partial charge in [-0.3, -0.25) is 0 Å². The molecule has 3 aromatic carbocycles. The zero-order valence-electron chi connectivity index (χ0n) is 18.5. The van der Waals surface area contributed by atoms with Crippen molar-refractivity contribution in [3.8, 4) is 22.3 Å². The topological polar surface area (TPSA) is 9.23 Å². The van der Waals surface area contributed by atoms with Gasteiger partial charge in [-0.1, -0.05) is 86.5 Å². The van der Waals surface area contributed by atoms with Crippen LogP contribution in [0.5, 0.6) is 0 Å². The first-order chi connectivity index (χ1) is 15.1. The minimum atomic E-state index is -0.770. The standard InChI is InChI=1S/C28H32F2O/c1-3-4-8-20-31-21(2)10-9-13-25-18-19-26(28(30)27(25)29)24-16-14-23(15-17-24)22-11-6-5-7-12-22/h5-7,11-12,14-19,21H,3-4,8-10,13,20H2,1-2H3. The van der Waals surface area contributed by atoms with E-state index in [1.807, 2.05) is 61.5 Å². The monoisotopic (exact) mass is 422 g/mol. The summed E-state index contributed by atoms with van der Waals surface area (Å²) in [5.41, 5.74) is 3.55. The molecule has 0 heterocycles. The maximum Gasteiger partial charge on any atom is 0.166 e. The lowest BCUT2D eigenvalue weighted by Crippen LogP contribution is -2.10. The van der Waals surface area contributed by atoms with Crippen LogP contribution in [0.25, 0.3) is 22.3 Å². The molecule has 0 aliphatic heterocycles. The predicted molar refractivity (Wildman–Crippen MR) is 125 cm³/mol. The van der Waals surface area contributed by atoms with Gasteiger partial charge in [-0.25, -0.2) is 8.78 Å². The van der Waals surface area contributed by atoms with Crippen LogP contribution in [0.4, 0.5) is 8.78 Å². The summed E-state index contributed by atoms with van der Waals surface area (Å²) in [7, 11) is 0. The number of ether oxygens (including phenoxy) is 1. The lowest BCUT2D eigenvalue weighted by molar-refractivity contribution is 0.0564. The van der Waals surface area contributed by atoms with Crippen LogP contribution in [0.15, 0.2) is 66.7 Å². The maximum absolute atomic E-state index is 14.8. The molecule has 0 radical (unpaired) electrons. The summed E-state index contributed by atoms with van der Waals surface area (Å²) < 4.78 is 35.3. The molecular weight excluding hydrogens is 390 g/mol. The molecule has 3 heteroatoms. The SMILES string of the molecule is CCCCCOC(C)CCCc1ccc(-c2ccc(-c3ccccc3)cc2)c(F)c1F. The molecule has 3 aromatic rings. The first-order valence-corrected chi connectivity index (χ1v) is 11.3. The smallest absolute Gasteiger partial charge is 0.166 e. The van der Waals surface area contributed by atoms with Gasteiger partial charge in [0, 0.05) is 12.2 Å². The summed E-state index contributed by atoms with van der Waals surface area (Å²) in [6, 6.07) is 21.0. The van der Waals surface area contributed by atoms with E-state index in [9.17, 15) is 8.78 Å². The Morgan fingerprint density at radius 2 is 1.42 bits per heavy atom. The minimum Gasteiger partial charge on any atom is -0.379 e. The Bertz CT molecular complexity index is 935. The molecular formula is C28H32F2O. The van der Waals surface area contributed by atoms with Crippen LogP contribution in [0.1, 0.15) is 51.5 Å². The molecule has 164 valence electrons. The second kappa shape index (κ2) is 11.8. The van der Waals surface area contributed by atoms with Gasteiger partial charge in [-0.15, -0.1) is 0 Å². The average molecular weight is 423 g/mol. The molecule has 3 rings (SSSR count). The molecule has 0 spiro atoms. The Labute approximate surface area is 185 Å². The number of hydrogen-bond donors (Lipinski definition) is 0. The second-order valence-corrected chi connectivity index (χ2v) is 8.12. The van der Waals surface area contributed by atoms with Crippen LogP contribution in [-0.2, 0) is 11.2 Å². The van der Waals surface area contributed by atoms with E-state index in [0.717, 1.165) is 37.0 Å². The normalized spacial score (nSPS) is 12.1. The zero-order chi connectivity index (χ0) is 22.1. The maximum atomic E-state index is 14.8. The first kappa shape index (κ1) is 23.1.